The molecule has 21 heavy (non-hydrogen) atoms. The third kappa shape index (κ3) is 10.6. The average molecular weight is 308 g/mol. The van der Waals surface area contributed by atoms with Gasteiger partial charge in [0.05, 0.1) is 0 Å². The van der Waals surface area contributed by atoms with Crippen LogP contribution in [0.4, 0.5) is 0 Å². The van der Waals surface area contributed by atoms with Crippen LogP contribution in [-0.2, 0) is 6.42 Å². The summed E-state index contributed by atoms with van der Waals surface area (Å²) in [6.07, 6.45) is -0.00157. The first-order valence-corrected chi connectivity index (χ1v) is 6.84. The van der Waals surface area contributed by atoms with Crippen LogP contribution in [0.2, 0.25) is 0 Å². The Balaban J connectivity index is 0. The third-order valence-corrected chi connectivity index (χ3v) is 2.05. The Morgan fingerprint density at radius 2 is 1.48 bits per heavy atom. The molecule has 0 aromatic heterocycles. The van der Waals surface area contributed by atoms with Crippen LogP contribution in [0.1, 0.15) is 47.1 Å². The summed E-state index contributed by atoms with van der Waals surface area (Å²) in [6.45, 7) is 10.4. The van der Waals surface area contributed by atoms with Gasteiger partial charge < -0.3 is 20.1 Å². The first-order chi connectivity index (χ1) is 9.05. The summed E-state index contributed by atoms with van der Waals surface area (Å²) in [6, 6.07) is 5.28. The van der Waals surface area contributed by atoms with E-state index in [1.807, 2.05) is 19.9 Å². The molecule has 2 rings (SSSR count). The summed E-state index contributed by atoms with van der Waals surface area (Å²) < 4.78 is 5.51. The van der Waals surface area contributed by atoms with Crippen LogP contribution in [0, 0.1) is 0 Å². The molecule has 1 aromatic carbocycles. The summed E-state index contributed by atoms with van der Waals surface area (Å²) in [5, 5.41) is 30.3. The van der Waals surface area contributed by atoms with Crippen molar-refractivity contribution in [1.29, 1.82) is 0 Å². The molecule has 0 aliphatic carbocycles. The molecule has 0 saturated carbocycles. The van der Waals surface area contributed by atoms with Crippen molar-refractivity contribution in [2.75, 3.05) is 0 Å². The van der Waals surface area contributed by atoms with Gasteiger partial charge in [-0.1, -0.05) is 51.6 Å². The minimum absolute atomic E-state index is 0. The van der Waals surface area contributed by atoms with E-state index in [0.717, 1.165) is 12.0 Å². The Morgan fingerprint density at radius 1 is 1.05 bits per heavy atom. The molecule has 0 bridgehead atoms. The molecule has 0 unspecified atom stereocenters. The van der Waals surface area contributed by atoms with Crippen LogP contribution in [0.5, 0.6) is 11.5 Å². The SMILES string of the molecule is CC(C)[O-].CC(C)[O-].CC1(C)Cc2cccc([O-])c2O1.[Al+3]. The summed E-state index contributed by atoms with van der Waals surface area (Å²) in [5.74, 6) is 0.542. The molecule has 0 amide bonds. The quantitative estimate of drug-likeness (QED) is 0.658. The van der Waals surface area contributed by atoms with Crippen molar-refractivity contribution >= 4 is 17.4 Å². The van der Waals surface area contributed by atoms with Gasteiger partial charge in [0, 0.05) is 6.42 Å². The predicted octanol–water partition coefficient (Wildman–Crippen LogP) is 0.603. The van der Waals surface area contributed by atoms with E-state index in [1.54, 1.807) is 39.8 Å². The molecule has 116 valence electrons. The molecule has 4 nitrogen and oxygen atoms in total. The van der Waals surface area contributed by atoms with Gasteiger partial charge in [0.1, 0.15) is 11.4 Å². The van der Waals surface area contributed by atoms with E-state index < -0.39 is 12.2 Å². The van der Waals surface area contributed by atoms with Crippen molar-refractivity contribution in [3.05, 3.63) is 23.8 Å². The fourth-order valence-corrected chi connectivity index (χ4v) is 1.59. The second-order valence-electron chi connectivity index (χ2n) is 5.88. The van der Waals surface area contributed by atoms with Gasteiger partial charge >= 0.3 is 17.4 Å². The molecular weight excluding hydrogens is 283 g/mol. The molecule has 1 heterocycles. The average Bonchev–Trinajstić information content (AvgIpc) is 2.52. The van der Waals surface area contributed by atoms with Crippen LogP contribution in [0.3, 0.4) is 0 Å². The molecule has 0 saturated heterocycles. The maximum Gasteiger partial charge on any atom is 3.00 e. The molecule has 5 heteroatoms. The van der Waals surface area contributed by atoms with Gasteiger partial charge in [-0.05, 0) is 19.4 Å². The van der Waals surface area contributed by atoms with E-state index in [2.05, 4.69) is 0 Å². The zero-order valence-electron chi connectivity index (χ0n) is 13.8. The van der Waals surface area contributed by atoms with Crippen molar-refractivity contribution in [3.63, 3.8) is 0 Å². The maximum atomic E-state index is 11.3. The number of ether oxygens (including phenoxy) is 1. The smallest absolute Gasteiger partial charge is 0.870 e. The first-order valence-electron chi connectivity index (χ1n) is 6.84. The van der Waals surface area contributed by atoms with Crippen molar-refractivity contribution in [2.45, 2.75) is 65.8 Å². The largest absolute Gasteiger partial charge is 3.00 e. The fourth-order valence-electron chi connectivity index (χ4n) is 1.59. The van der Waals surface area contributed by atoms with Gasteiger partial charge in [-0.25, -0.2) is 0 Å². The number of rotatable bonds is 0. The predicted molar refractivity (Wildman–Crippen MR) is 80.3 cm³/mol. The fraction of sp³-hybridized carbons (Fsp3) is 0.625. The van der Waals surface area contributed by atoms with E-state index in [9.17, 15) is 15.3 Å². The van der Waals surface area contributed by atoms with Gasteiger partial charge in [-0.15, -0.1) is 12.2 Å². The summed E-state index contributed by atoms with van der Waals surface area (Å²) >= 11 is 0. The van der Waals surface area contributed by atoms with Crippen LogP contribution in [0.25, 0.3) is 0 Å². The van der Waals surface area contributed by atoms with Gasteiger partial charge in [0.25, 0.3) is 0 Å². The zero-order valence-corrected chi connectivity index (χ0v) is 15.0. The molecule has 1 aromatic rings. The van der Waals surface area contributed by atoms with Crippen LogP contribution in [0.15, 0.2) is 18.2 Å². The summed E-state index contributed by atoms with van der Waals surface area (Å²) in [5.41, 5.74) is 0.829. The summed E-state index contributed by atoms with van der Waals surface area (Å²) in [4.78, 5) is 0. The molecular formula is C16H25AlO4. The second-order valence-corrected chi connectivity index (χ2v) is 5.88. The van der Waals surface area contributed by atoms with E-state index in [4.69, 9.17) is 4.74 Å². The first kappa shape index (κ1) is 22.6. The Morgan fingerprint density at radius 3 is 1.86 bits per heavy atom. The third-order valence-electron chi connectivity index (χ3n) is 2.05. The Bertz CT molecular complexity index is 392. The Labute approximate surface area is 138 Å². The van der Waals surface area contributed by atoms with Gasteiger partial charge in [-0.3, -0.25) is 0 Å². The molecule has 1 aliphatic rings. The van der Waals surface area contributed by atoms with E-state index in [1.165, 1.54) is 0 Å². The monoisotopic (exact) mass is 308 g/mol. The number of hydrogen-bond acceptors (Lipinski definition) is 4. The number of benzene rings is 1. The van der Waals surface area contributed by atoms with Gasteiger partial charge in [0.15, 0.2) is 0 Å². The van der Waals surface area contributed by atoms with E-state index in [-0.39, 0.29) is 28.7 Å². The number of para-hydroxylation sites is 1. The molecule has 0 radical (unpaired) electrons. The Kier molecular flexibility index (Phi) is 10.8. The van der Waals surface area contributed by atoms with Crippen molar-refractivity contribution in [3.8, 4) is 11.5 Å². The van der Waals surface area contributed by atoms with Crippen LogP contribution in [-0.4, -0.2) is 35.2 Å². The molecule has 0 fully saturated rings. The minimum Gasteiger partial charge on any atom is -0.870 e. The van der Waals surface area contributed by atoms with Crippen molar-refractivity contribution < 1.29 is 20.1 Å². The molecule has 1 aliphatic heterocycles. The minimum atomic E-state index is -0.417. The van der Waals surface area contributed by atoms with E-state index >= 15 is 0 Å². The summed E-state index contributed by atoms with van der Waals surface area (Å²) in [7, 11) is 0. The zero-order chi connectivity index (χ0) is 15.9. The molecule has 0 atom stereocenters. The standard InChI is InChI=1S/C10H12O2.2C3H7O.Al/c1-10(2)6-7-4-3-5-8(11)9(7)12-10;2*1-3(2)4;/h3-5,11H,6H2,1-2H3;2*3H,1-2H3;/q;2*-1;+3/p-1. The van der Waals surface area contributed by atoms with Gasteiger partial charge in [0.2, 0.25) is 0 Å². The van der Waals surface area contributed by atoms with E-state index in [0.29, 0.717) is 5.75 Å². The number of fused-ring (bicyclic) bond motifs is 1. The number of hydrogen-bond donors (Lipinski definition) is 0. The van der Waals surface area contributed by atoms with Crippen LogP contribution >= 0.6 is 0 Å². The normalized spacial score (nSPS) is 14.0. The van der Waals surface area contributed by atoms with Crippen molar-refractivity contribution in [2.24, 2.45) is 0 Å². The topological polar surface area (TPSA) is 78.4 Å². The molecule has 0 spiro atoms. The van der Waals surface area contributed by atoms with Crippen molar-refractivity contribution in [1.82, 2.24) is 0 Å². The molecule has 0 N–H and O–H groups in total. The second kappa shape index (κ2) is 10.1. The van der Waals surface area contributed by atoms with Crippen LogP contribution < -0.4 is 20.1 Å². The Hall–Kier alpha value is -0.728. The maximum absolute atomic E-state index is 11.3. The van der Waals surface area contributed by atoms with Gasteiger partial charge in [-0.2, -0.15) is 0 Å².